The summed E-state index contributed by atoms with van der Waals surface area (Å²) in [4.78, 5) is 0. The van der Waals surface area contributed by atoms with Crippen LogP contribution in [0.4, 0.5) is 0 Å². The summed E-state index contributed by atoms with van der Waals surface area (Å²) in [5.41, 5.74) is 2.84. The molecule has 0 aromatic rings. The smallest absolute Gasteiger partial charge is 0 e. The number of hydrogen-bond donors (Lipinski definition) is 0. The summed E-state index contributed by atoms with van der Waals surface area (Å²) in [5, 5.41) is 0. The second-order valence-electron chi connectivity index (χ2n) is 2.33. The average Bonchev–Trinajstić information content (AvgIpc) is 2.31. The molecule has 0 unspecified atom stereocenters. The maximum atomic E-state index is 7.50. The van der Waals surface area contributed by atoms with Crippen LogP contribution in [0.2, 0.25) is 0 Å². The second kappa shape index (κ2) is 23.3. The van der Waals surface area contributed by atoms with Gasteiger partial charge in [0.2, 0.25) is 0 Å². The van der Waals surface area contributed by atoms with Crippen molar-refractivity contribution in [3.63, 3.8) is 0 Å². The van der Waals surface area contributed by atoms with E-state index in [-0.39, 0.29) is 20.4 Å². The van der Waals surface area contributed by atoms with Gasteiger partial charge in [-0.25, -0.2) is 0 Å². The van der Waals surface area contributed by atoms with Gasteiger partial charge in [-0.1, -0.05) is 23.3 Å². The predicted molar refractivity (Wildman–Crippen MR) is 48.2 cm³/mol. The zero-order valence-corrected chi connectivity index (χ0v) is 11.3. The number of hydrogen-bond acceptors (Lipinski definition) is 0. The van der Waals surface area contributed by atoms with E-state index in [0.29, 0.717) is 0 Å². The molecule has 0 N–H and O–H groups in total. The molecule has 1 rings (SSSR count). The molecular weight excluding hydrogens is 366 g/mol. The van der Waals surface area contributed by atoms with Gasteiger partial charge in [0, 0.05) is 26.8 Å². The molecule has 15 heavy (non-hydrogen) atoms. The molecule has 1 aliphatic rings. The van der Waals surface area contributed by atoms with Crippen LogP contribution in [0.25, 0.3) is 0 Å². The molecule has 80 valence electrons. The Labute approximate surface area is 104 Å². The summed E-state index contributed by atoms with van der Waals surface area (Å²) in [5.74, 6) is 0. The summed E-state index contributed by atoms with van der Waals surface area (Å²) in [6.45, 7) is 17.8. The Bertz CT molecular complexity index is 214. The minimum Gasteiger partial charge on any atom is 0 e. The summed E-state index contributed by atoms with van der Waals surface area (Å²) in [7, 11) is 0. The summed E-state index contributed by atoms with van der Waals surface area (Å²) < 4.78 is 22.5. The minimum absolute atomic E-state index is 0. The monoisotopic (exact) mass is 378 g/mol. The normalized spacial score (nSPS) is 10.9. The van der Waals surface area contributed by atoms with Crippen LogP contribution in [0.5, 0.6) is 0 Å². The number of rotatable bonds is 0. The molecule has 0 aromatic heterocycles. The van der Waals surface area contributed by atoms with Crippen LogP contribution in [0.15, 0.2) is 23.3 Å². The van der Waals surface area contributed by atoms with Gasteiger partial charge in [-0.15, -0.1) is 0 Å². The first-order valence-corrected chi connectivity index (χ1v) is 3.57. The van der Waals surface area contributed by atoms with Crippen molar-refractivity contribution in [2.45, 2.75) is 20.3 Å². The Morgan fingerprint density at radius 2 is 1.40 bits per heavy atom. The third-order valence-electron chi connectivity index (χ3n) is 1.38. The van der Waals surface area contributed by atoms with E-state index in [4.69, 9.17) is 14.0 Å². The van der Waals surface area contributed by atoms with Crippen LogP contribution < -0.4 is 0 Å². The van der Waals surface area contributed by atoms with Gasteiger partial charge in [0.15, 0.2) is 0 Å². The van der Waals surface area contributed by atoms with E-state index in [0.717, 1.165) is 6.42 Å². The van der Waals surface area contributed by atoms with Crippen molar-refractivity contribution >= 4 is 0 Å². The Hall–Kier alpha value is -0.638. The molecular formula is C11H11O3Re. The van der Waals surface area contributed by atoms with Crippen molar-refractivity contribution in [3.05, 3.63) is 49.7 Å². The fourth-order valence-electron chi connectivity index (χ4n) is 0.732. The van der Waals surface area contributed by atoms with Crippen LogP contribution in [0, 0.1) is 26.4 Å². The molecule has 0 heterocycles. The Balaban J connectivity index is -0.0000000755. The molecule has 0 amide bonds. The zero-order valence-electron chi connectivity index (χ0n) is 8.54. The molecule has 1 aliphatic carbocycles. The first kappa shape index (κ1) is 23.9. The fraction of sp³-hybridized carbons (Fsp3) is 0.273. The predicted octanol–water partition coefficient (Wildman–Crippen LogP) is 2.37. The minimum atomic E-state index is 0. The second-order valence-corrected chi connectivity index (χ2v) is 2.33. The van der Waals surface area contributed by atoms with Gasteiger partial charge in [0.1, 0.15) is 0 Å². The third-order valence-corrected chi connectivity index (χ3v) is 1.38. The Morgan fingerprint density at radius 1 is 1.00 bits per heavy atom. The molecule has 0 saturated heterocycles. The van der Waals surface area contributed by atoms with Gasteiger partial charge < -0.3 is 0 Å². The maximum Gasteiger partial charge on any atom is 0 e. The van der Waals surface area contributed by atoms with Crippen molar-refractivity contribution in [3.8, 4) is 0 Å². The van der Waals surface area contributed by atoms with Crippen LogP contribution >= 0.6 is 0 Å². The first-order valence-electron chi connectivity index (χ1n) is 3.57. The van der Waals surface area contributed by atoms with Gasteiger partial charge in [-0.3, -0.25) is 0 Å². The Morgan fingerprint density at radius 3 is 1.60 bits per heavy atom. The summed E-state index contributed by atoms with van der Waals surface area (Å²) in [6, 6.07) is 0. The molecule has 0 aliphatic heterocycles. The number of allylic oxidation sites excluding steroid dienone is 4. The zero-order chi connectivity index (χ0) is 12.0. The molecule has 3 nitrogen and oxygen atoms in total. The van der Waals surface area contributed by atoms with E-state index in [1.54, 1.807) is 0 Å². The largest absolute Gasteiger partial charge is 0 e. The van der Waals surface area contributed by atoms with Gasteiger partial charge >= 0.3 is 33.9 Å². The molecule has 0 spiro atoms. The molecule has 0 saturated carbocycles. The van der Waals surface area contributed by atoms with Crippen LogP contribution in [0.1, 0.15) is 20.3 Å². The van der Waals surface area contributed by atoms with E-state index >= 15 is 0 Å². The molecule has 0 bridgehead atoms. The van der Waals surface area contributed by atoms with Crippen molar-refractivity contribution in [1.82, 2.24) is 0 Å². The van der Waals surface area contributed by atoms with E-state index in [1.165, 1.54) is 11.1 Å². The molecule has 4 heteroatoms. The van der Waals surface area contributed by atoms with Crippen LogP contribution in [0.3, 0.4) is 0 Å². The molecule has 0 fully saturated rings. The standard InChI is InChI=1S/C8H11.3CO.Re/c1-7-3-5-8(2)6-4-7;3*1-2;/h3-5H,6H2,1-2H3;;;;. The Kier molecular flexibility index (Phi) is 37.1. The van der Waals surface area contributed by atoms with Crippen molar-refractivity contribution in [1.29, 1.82) is 0 Å². The molecule has 2 radical (unpaired) electrons. The van der Waals surface area contributed by atoms with Crippen LogP contribution in [-0.4, -0.2) is 0 Å². The van der Waals surface area contributed by atoms with Crippen molar-refractivity contribution in [2.24, 2.45) is 0 Å². The first-order chi connectivity index (χ1) is 6.79. The quantitative estimate of drug-likeness (QED) is 0.460. The van der Waals surface area contributed by atoms with E-state index in [9.17, 15) is 0 Å². The van der Waals surface area contributed by atoms with E-state index < -0.39 is 0 Å². The maximum absolute atomic E-state index is 7.50. The summed E-state index contributed by atoms with van der Waals surface area (Å²) >= 11 is 0. The van der Waals surface area contributed by atoms with Gasteiger partial charge in [0.05, 0.1) is 0 Å². The average molecular weight is 377 g/mol. The fourth-order valence-corrected chi connectivity index (χ4v) is 0.732. The summed E-state index contributed by atoms with van der Waals surface area (Å²) in [6.07, 6.45) is 7.71. The van der Waals surface area contributed by atoms with Gasteiger partial charge in [0.25, 0.3) is 0 Å². The SMILES string of the molecule is CC1=CCC(C)=C[CH]1.[C-]#[O+].[C-]#[O+].[C-]#[O+].[Re]. The van der Waals surface area contributed by atoms with Gasteiger partial charge in [-0.2, -0.15) is 0 Å². The van der Waals surface area contributed by atoms with Crippen LogP contribution in [-0.2, 0) is 34.4 Å². The van der Waals surface area contributed by atoms with E-state index in [2.05, 4.69) is 52.4 Å². The van der Waals surface area contributed by atoms with Crippen molar-refractivity contribution in [2.75, 3.05) is 0 Å². The molecule has 0 aromatic carbocycles. The topological polar surface area (TPSA) is 59.7 Å². The van der Waals surface area contributed by atoms with Crippen molar-refractivity contribution < 1.29 is 34.4 Å². The third kappa shape index (κ3) is 19.7. The van der Waals surface area contributed by atoms with E-state index in [1.807, 2.05) is 0 Å². The van der Waals surface area contributed by atoms with Gasteiger partial charge in [-0.05, 0) is 20.3 Å². The molecule has 0 atom stereocenters.